The summed E-state index contributed by atoms with van der Waals surface area (Å²) in [6.07, 6.45) is 0.279. The van der Waals surface area contributed by atoms with Gasteiger partial charge in [0.25, 0.3) is 0 Å². The first-order valence-corrected chi connectivity index (χ1v) is 11.0. The second-order valence-electron chi connectivity index (χ2n) is 8.13. The molecular formula is C26H22F2N4O2. The number of amides is 1. The SMILES string of the molecule is O=C(OCc1ccccc1)N1CCC(Nc2nc(-c3c(F)cccc3F)c3ccccc3n2)C1. The number of para-hydroxylation sites is 1. The lowest BCUT2D eigenvalue weighted by molar-refractivity contribution is 0.104. The Morgan fingerprint density at radius 1 is 0.971 bits per heavy atom. The van der Waals surface area contributed by atoms with Crippen molar-refractivity contribution >= 4 is 22.9 Å². The Kier molecular flexibility index (Phi) is 6.03. The van der Waals surface area contributed by atoms with E-state index in [1.165, 1.54) is 18.2 Å². The standard InChI is InChI=1S/C26H22F2N4O2/c27-20-10-6-11-21(28)23(20)24-19-9-4-5-12-22(19)30-25(31-24)29-18-13-14-32(15-18)26(33)34-16-17-7-2-1-3-8-17/h1-12,18H,13-16H2,(H,29,30,31). The largest absolute Gasteiger partial charge is 0.445 e. The fourth-order valence-electron chi connectivity index (χ4n) is 4.09. The number of carbonyl (C=O) groups is 1. The summed E-state index contributed by atoms with van der Waals surface area (Å²) in [4.78, 5) is 23.1. The highest BCUT2D eigenvalue weighted by Crippen LogP contribution is 2.31. The van der Waals surface area contributed by atoms with Crippen LogP contribution < -0.4 is 5.32 Å². The predicted octanol–water partition coefficient (Wildman–Crippen LogP) is 5.40. The van der Waals surface area contributed by atoms with E-state index in [0.717, 1.165) is 5.56 Å². The monoisotopic (exact) mass is 460 g/mol. The summed E-state index contributed by atoms with van der Waals surface area (Å²) < 4.78 is 34.5. The van der Waals surface area contributed by atoms with Gasteiger partial charge in [-0.1, -0.05) is 54.6 Å². The molecule has 6 nitrogen and oxygen atoms in total. The van der Waals surface area contributed by atoms with Crippen LogP contribution in [0.25, 0.3) is 22.2 Å². The zero-order valence-electron chi connectivity index (χ0n) is 18.2. The normalized spacial score (nSPS) is 15.5. The van der Waals surface area contributed by atoms with E-state index in [9.17, 15) is 13.6 Å². The van der Waals surface area contributed by atoms with E-state index in [0.29, 0.717) is 30.4 Å². The maximum Gasteiger partial charge on any atom is 0.410 e. The molecule has 1 saturated heterocycles. The van der Waals surface area contributed by atoms with Crippen LogP contribution in [-0.2, 0) is 11.3 Å². The number of hydrogen-bond acceptors (Lipinski definition) is 5. The molecule has 1 aromatic heterocycles. The maximum atomic E-state index is 14.6. The number of halogens is 2. The highest BCUT2D eigenvalue weighted by molar-refractivity contribution is 5.93. The van der Waals surface area contributed by atoms with Crippen molar-refractivity contribution in [2.24, 2.45) is 0 Å². The van der Waals surface area contributed by atoms with E-state index < -0.39 is 11.6 Å². The van der Waals surface area contributed by atoms with Crippen LogP contribution >= 0.6 is 0 Å². The molecule has 4 aromatic rings. The number of likely N-dealkylation sites (tertiary alicyclic amines) is 1. The first-order valence-electron chi connectivity index (χ1n) is 11.0. The van der Waals surface area contributed by atoms with Crippen LogP contribution in [0.2, 0.25) is 0 Å². The minimum Gasteiger partial charge on any atom is -0.445 e. The molecule has 1 fully saturated rings. The van der Waals surface area contributed by atoms with Gasteiger partial charge in [0.1, 0.15) is 18.2 Å². The van der Waals surface area contributed by atoms with Gasteiger partial charge in [0, 0.05) is 24.5 Å². The number of nitrogens with one attached hydrogen (secondary N) is 1. The predicted molar refractivity (Wildman–Crippen MR) is 125 cm³/mol. The summed E-state index contributed by atoms with van der Waals surface area (Å²) in [5, 5.41) is 3.77. The van der Waals surface area contributed by atoms with Crippen molar-refractivity contribution in [2.75, 3.05) is 18.4 Å². The van der Waals surface area contributed by atoms with Gasteiger partial charge in [-0.3, -0.25) is 0 Å². The van der Waals surface area contributed by atoms with Crippen LogP contribution in [0.15, 0.2) is 72.8 Å². The van der Waals surface area contributed by atoms with Crippen molar-refractivity contribution in [3.05, 3.63) is 90.0 Å². The number of benzene rings is 3. The van der Waals surface area contributed by atoms with Crippen molar-refractivity contribution in [3.63, 3.8) is 0 Å². The summed E-state index contributed by atoms with van der Waals surface area (Å²) >= 11 is 0. The average molecular weight is 460 g/mol. The number of anilines is 1. The molecule has 3 aromatic carbocycles. The second kappa shape index (κ2) is 9.43. The molecular weight excluding hydrogens is 438 g/mol. The highest BCUT2D eigenvalue weighted by Gasteiger charge is 2.28. The van der Waals surface area contributed by atoms with E-state index in [-0.39, 0.29) is 35.9 Å². The van der Waals surface area contributed by atoms with Gasteiger partial charge in [-0.15, -0.1) is 0 Å². The molecule has 1 N–H and O–H groups in total. The number of nitrogens with zero attached hydrogens (tertiary/aromatic N) is 3. The van der Waals surface area contributed by atoms with Gasteiger partial charge < -0.3 is 15.0 Å². The first-order chi connectivity index (χ1) is 16.6. The lowest BCUT2D eigenvalue weighted by atomic mass is 10.1. The zero-order chi connectivity index (χ0) is 23.5. The molecule has 1 aliphatic heterocycles. The van der Waals surface area contributed by atoms with Gasteiger partial charge in [0.15, 0.2) is 0 Å². The van der Waals surface area contributed by atoms with Gasteiger partial charge in [-0.2, -0.15) is 0 Å². The van der Waals surface area contributed by atoms with Crippen LogP contribution in [-0.4, -0.2) is 40.1 Å². The number of aromatic nitrogens is 2. The third kappa shape index (κ3) is 4.52. The molecule has 0 radical (unpaired) electrons. The van der Waals surface area contributed by atoms with E-state index in [1.807, 2.05) is 30.3 Å². The van der Waals surface area contributed by atoms with Gasteiger partial charge in [0.2, 0.25) is 5.95 Å². The molecule has 172 valence electrons. The van der Waals surface area contributed by atoms with E-state index in [1.54, 1.807) is 29.2 Å². The van der Waals surface area contributed by atoms with Crippen LogP contribution in [0, 0.1) is 11.6 Å². The molecule has 0 aliphatic carbocycles. The third-order valence-electron chi connectivity index (χ3n) is 5.79. The number of hydrogen-bond donors (Lipinski definition) is 1. The maximum absolute atomic E-state index is 14.6. The van der Waals surface area contributed by atoms with E-state index in [2.05, 4.69) is 15.3 Å². The topological polar surface area (TPSA) is 67.3 Å². The molecule has 5 rings (SSSR count). The molecule has 2 heterocycles. The van der Waals surface area contributed by atoms with Crippen LogP contribution in [0.4, 0.5) is 19.5 Å². The summed E-state index contributed by atoms with van der Waals surface area (Å²) in [5.74, 6) is -1.13. The van der Waals surface area contributed by atoms with Crippen molar-refractivity contribution in [3.8, 4) is 11.3 Å². The quantitative estimate of drug-likeness (QED) is 0.432. The molecule has 1 unspecified atom stereocenters. The summed E-state index contributed by atoms with van der Waals surface area (Å²) in [6, 6.07) is 20.2. The molecule has 1 aliphatic rings. The van der Waals surface area contributed by atoms with E-state index >= 15 is 0 Å². The molecule has 0 bridgehead atoms. The lowest BCUT2D eigenvalue weighted by Gasteiger charge is -2.18. The number of carbonyl (C=O) groups excluding carboxylic acids is 1. The van der Waals surface area contributed by atoms with Gasteiger partial charge in [-0.05, 0) is 30.2 Å². The fourth-order valence-corrected chi connectivity index (χ4v) is 4.09. The van der Waals surface area contributed by atoms with Crippen molar-refractivity contribution < 1.29 is 18.3 Å². The summed E-state index contributed by atoms with van der Waals surface area (Å²) in [5.41, 5.74) is 1.47. The zero-order valence-corrected chi connectivity index (χ0v) is 18.2. The Balaban J connectivity index is 1.33. The Morgan fingerprint density at radius 3 is 2.50 bits per heavy atom. The Labute approximate surface area is 195 Å². The first kappa shape index (κ1) is 21.8. The Bertz CT molecular complexity index is 1310. The average Bonchev–Trinajstić information content (AvgIpc) is 3.31. The van der Waals surface area contributed by atoms with E-state index in [4.69, 9.17) is 4.74 Å². The minimum absolute atomic E-state index is 0.122. The summed E-state index contributed by atoms with van der Waals surface area (Å²) in [6.45, 7) is 1.14. The summed E-state index contributed by atoms with van der Waals surface area (Å²) in [7, 11) is 0. The molecule has 0 spiro atoms. The van der Waals surface area contributed by atoms with Crippen LogP contribution in [0.5, 0.6) is 0 Å². The van der Waals surface area contributed by atoms with Gasteiger partial charge in [0.05, 0.1) is 16.8 Å². The number of rotatable bonds is 5. The second-order valence-corrected chi connectivity index (χ2v) is 8.13. The smallest absolute Gasteiger partial charge is 0.410 e. The third-order valence-corrected chi connectivity index (χ3v) is 5.79. The number of ether oxygens (including phenoxy) is 1. The van der Waals surface area contributed by atoms with Crippen LogP contribution in [0.1, 0.15) is 12.0 Å². The Hall–Kier alpha value is -4.07. The molecule has 1 atom stereocenters. The number of fused-ring (bicyclic) bond motifs is 1. The van der Waals surface area contributed by atoms with Gasteiger partial charge >= 0.3 is 6.09 Å². The van der Waals surface area contributed by atoms with Crippen LogP contribution in [0.3, 0.4) is 0 Å². The molecule has 34 heavy (non-hydrogen) atoms. The van der Waals surface area contributed by atoms with Crippen molar-refractivity contribution in [1.82, 2.24) is 14.9 Å². The fraction of sp³-hybridized carbons (Fsp3) is 0.192. The highest BCUT2D eigenvalue weighted by atomic mass is 19.1. The Morgan fingerprint density at radius 2 is 1.71 bits per heavy atom. The van der Waals surface area contributed by atoms with Crippen molar-refractivity contribution in [2.45, 2.75) is 19.1 Å². The van der Waals surface area contributed by atoms with Gasteiger partial charge in [-0.25, -0.2) is 23.5 Å². The minimum atomic E-state index is -0.692. The molecule has 8 heteroatoms. The molecule has 0 saturated carbocycles. The van der Waals surface area contributed by atoms with Crippen molar-refractivity contribution in [1.29, 1.82) is 0 Å². The molecule has 1 amide bonds. The lowest BCUT2D eigenvalue weighted by Crippen LogP contribution is -2.32.